The summed E-state index contributed by atoms with van der Waals surface area (Å²) in [4.78, 5) is 1.91. The third-order valence-corrected chi connectivity index (χ3v) is 1.88. The van der Waals surface area contributed by atoms with Crippen LogP contribution in [0.1, 0.15) is 20.3 Å². The second-order valence-electron chi connectivity index (χ2n) is 3.06. The van der Waals surface area contributed by atoms with E-state index < -0.39 is 0 Å². The Kier molecular flexibility index (Phi) is 5.99. The fourth-order valence-electron chi connectivity index (χ4n) is 1.27. The molecule has 0 spiro atoms. The van der Waals surface area contributed by atoms with Crippen LogP contribution in [0, 0.1) is 17.5 Å². The Labute approximate surface area is 111 Å². The molecule has 0 fully saturated rings. The van der Waals surface area contributed by atoms with Gasteiger partial charge in [0.1, 0.15) is 0 Å². The minimum absolute atomic E-state index is 0. The van der Waals surface area contributed by atoms with E-state index in [4.69, 9.17) is 5.26 Å². The molecule has 3 heteroatoms. The quantitative estimate of drug-likeness (QED) is 0.714. The Morgan fingerprint density at radius 3 is 2.79 bits per heavy atom. The van der Waals surface area contributed by atoms with Gasteiger partial charge < -0.3 is 4.90 Å². The molecule has 0 atom stereocenters. The molecule has 14 heavy (non-hydrogen) atoms. The van der Waals surface area contributed by atoms with Crippen molar-refractivity contribution >= 4 is 0 Å². The topological polar surface area (TPSA) is 27.0 Å². The Balaban J connectivity index is 0.00000169. The molecule has 1 heterocycles. The van der Waals surface area contributed by atoms with E-state index in [2.05, 4.69) is 25.8 Å². The van der Waals surface area contributed by atoms with Crippen LogP contribution in [0.2, 0.25) is 0 Å². The molecular weight excluding hydrogens is 249 g/mol. The molecule has 0 saturated carbocycles. The first-order valence-electron chi connectivity index (χ1n) is 4.38. The second-order valence-corrected chi connectivity index (χ2v) is 3.06. The molecule has 0 unspecified atom stereocenters. The average molecular weight is 262 g/mol. The summed E-state index contributed by atoms with van der Waals surface area (Å²) in [6, 6.07) is 2.13. The first-order valence-corrected chi connectivity index (χ1v) is 4.38. The standard InChI is InChI=1S/C11H13N2.Y/c1-4-5-13-8-9(2)6-11(7-12)10(13)3;/h6H,3-5H2,1-2H3;/q-1;. The third-order valence-electron chi connectivity index (χ3n) is 1.88. The number of rotatable bonds is 2. The van der Waals surface area contributed by atoms with E-state index in [1.54, 1.807) is 0 Å². The first kappa shape index (κ1) is 13.6. The summed E-state index contributed by atoms with van der Waals surface area (Å²) in [6.07, 6.45) is 5.99. The zero-order valence-electron chi connectivity index (χ0n) is 8.67. The molecule has 0 amide bonds. The number of hydrogen-bond acceptors (Lipinski definition) is 2. The fraction of sp³-hybridized carbons (Fsp3) is 0.364. The van der Waals surface area contributed by atoms with Crippen LogP contribution in [0.3, 0.4) is 0 Å². The van der Waals surface area contributed by atoms with E-state index in [0.717, 1.165) is 24.2 Å². The molecule has 0 N–H and O–H groups in total. The fourth-order valence-corrected chi connectivity index (χ4v) is 1.27. The summed E-state index contributed by atoms with van der Waals surface area (Å²) in [7, 11) is 0. The summed E-state index contributed by atoms with van der Waals surface area (Å²) in [5, 5.41) is 8.82. The molecule has 0 aromatic heterocycles. The molecule has 1 aliphatic rings. The average Bonchev–Trinajstić information content (AvgIpc) is 2.11. The zero-order chi connectivity index (χ0) is 9.84. The maximum Gasteiger partial charge on any atom is 0.0745 e. The van der Waals surface area contributed by atoms with E-state index in [1.165, 1.54) is 0 Å². The molecule has 0 saturated heterocycles. The van der Waals surface area contributed by atoms with Gasteiger partial charge in [0.2, 0.25) is 0 Å². The number of hydrogen-bond donors (Lipinski definition) is 0. The predicted molar refractivity (Wildman–Crippen MR) is 52.3 cm³/mol. The van der Waals surface area contributed by atoms with Crippen LogP contribution >= 0.6 is 0 Å². The van der Waals surface area contributed by atoms with E-state index in [0.29, 0.717) is 5.57 Å². The van der Waals surface area contributed by atoms with E-state index in [1.807, 2.05) is 17.9 Å². The summed E-state index contributed by atoms with van der Waals surface area (Å²) < 4.78 is 0. The van der Waals surface area contributed by atoms with Gasteiger partial charge in [0.15, 0.2) is 0 Å². The number of allylic oxidation sites excluding steroid dienone is 3. The predicted octanol–water partition coefficient (Wildman–Crippen LogP) is 2.38. The third kappa shape index (κ3) is 3.08. The van der Waals surface area contributed by atoms with Crippen LogP contribution in [-0.2, 0) is 32.7 Å². The maximum absolute atomic E-state index is 8.82. The monoisotopic (exact) mass is 262 g/mol. The van der Waals surface area contributed by atoms with Gasteiger partial charge in [-0.15, -0.1) is 18.2 Å². The van der Waals surface area contributed by atoms with Crippen LogP contribution in [0.15, 0.2) is 29.5 Å². The van der Waals surface area contributed by atoms with Gasteiger partial charge in [-0.25, -0.2) is 0 Å². The molecule has 1 radical (unpaired) electrons. The summed E-state index contributed by atoms with van der Waals surface area (Å²) in [5.41, 5.74) is 2.39. The van der Waals surface area contributed by atoms with Gasteiger partial charge in [-0.2, -0.15) is 5.26 Å². The first-order chi connectivity index (χ1) is 6.19. The number of nitriles is 1. The van der Waals surface area contributed by atoms with Crippen molar-refractivity contribution in [3.63, 3.8) is 0 Å². The van der Waals surface area contributed by atoms with E-state index in [-0.39, 0.29) is 32.7 Å². The SMILES string of the molecule is C=C1C(C#N)=CC(C)=[C-]N1CCC.[Y]. The molecule has 2 nitrogen and oxygen atoms in total. The number of nitrogens with zero attached hydrogens (tertiary/aromatic N) is 2. The van der Waals surface area contributed by atoms with Crippen molar-refractivity contribution in [2.45, 2.75) is 20.3 Å². The molecular formula is C11H13N2Y-. The molecule has 0 aromatic rings. The van der Waals surface area contributed by atoms with Crippen molar-refractivity contribution in [1.82, 2.24) is 4.90 Å². The van der Waals surface area contributed by atoms with Crippen molar-refractivity contribution in [2.75, 3.05) is 6.54 Å². The molecule has 0 aliphatic carbocycles. The van der Waals surface area contributed by atoms with Gasteiger partial charge in [0, 0.05) is 32.7 Å². The normalized spacial score (nSPS) is 15.2. The minimum atomic E-state index is 0. The molecule has 0 bridgehead atoms. The van der Waals surface area contributed by atoms with Crippen molar-refractivity contribution in [3.8, 4) is 6.07 Å². The second kappa shape index (κ2) is 6.16. The van der Waals surface area contributed by atoms with Gasteiger partial charge in [-0.1, -0.05) is 25.7 Å². The van der Waals surface area contributed by atoms with Crippen LogP contribution in [0.5, 0.6) is 0 Å². The van der Waals surface area contributed by atoms with E-state index >= 15 is 0 Å². The van der Waals surface area contributed by atoms with Crippen LogP contribution in [0.25, 0.3) is 0 Å². The summed E-state index contributed by atoms with van der Waals surface area (Å²) in [6.45, 7) is 8.76. The Bertz CT molecular complexity index is 321. The zero-order valence-corrected chi connectivity index (χ0v) is 11.5. The van der Waals surface area contributed by atoms with Gasteiger partial charge in [-0.3, -0.25) is 0 Å². The molecule has 1 aliphatic heterocycles. The van der Waals surface area contributed by atoms with Crippen molar-refractivity contribution in [3.05, 3.63) is 35.7 Å². The van der Waals surface area contributed by atoms with Gasteiger partial charge in [-0.05, 0) is 18.5 Å². The Morgan fingerprint density at radius 2 is 2.29 bits per heavy atom. The summed E-state index contributed by atoms with van der Waals surface area (Å²) in [5.74, 6) is 0. The molecule has 0 aromatic carbocycles. The van der Waals surface area contributed by atoms with E-state index in [9.17, 15) is 0 Å². The molecule has 1 rings (SSSR count). The largest absolute Gasteiger partial charge is 0.455 e. The van der Waals surface area contributed by atoms with Gasteiger partial charge >= 0.3 is 0 Å². The van der Waals surface area contributed by atoms with Crippen molar-refractivity contribution in [2.24, 2.45) is 0 Å². The van der Waals surface area contributed by atoms with Crippen molar-refractivity contribution in [1.29, 1.82) is 5.26 Å². The maximum atomic E-state index is 8.82. The van der Waals surface area contributed by atoms with Gasteiger partial charge in [0.25, 0.3) is 0 Å². The van der Waals surface area contributed by atoms with Crippen molar-refractivity contribution < 1.29 is 32.7 Å². The van der Waals surface area contributed by atoms with Crippen LogP contribution < -0.4 is 0 Å². The molecule has 71 valence electrons. The minimum Gasteiger partial charge on any atom is -0.455 e. The smallest absolute Gasteiger partial charge is 0.0745 e. The van der Waals surface area contributed by atoms with Crippen LogP contribution in [-0.4, -0.2) is 11.4 Å². The Morgan fingerprint density at radius 1 is 1.64 bits per heavy atom. The van der Waals surface area contributed by atoms with Gasteiger partial charge in [0.05, 0.1) is 6.07 Å². The Hall–Kier alpha value is -0.386. The summed E-state index contributed by atoms with van der Waals surface area (Å²) >= 11 is 0. The van der Waals surface area contributed by atoms with Crippen LogP contribution in [0.4, 0.5) is 0 Å².